The van der Waals surface area contributed by atoms with Gasteiger partial charge in [-0.05, 0) is 62.7 Å². The van der Waals surface area contributed by atoms with Crippen LogP contribution in [0, 0.1) is 17.3 Å². The van der Waals surface area contributed by atoms with Crippen LogP contribution in [0.15, 0.2) is 11.8 Å². The minimum atomic E-state index is -0.755. The van der Waals surface area contributed by atoms with Crippen molar-refractivity contribution in [3.63, 3.8) is 0 Å². The van der Waals surface area contributed by atoms with Crippen molar-refractivity contribution >= 4 is 11.8 Å². The molecule has 0 aromatic carbocycles. The van der Waals surface area contributed by atoms with Gasteiger partial charge in [0.05, 0.1) is 0 Å². The number of hydrogen-bond donors (Lipinski definition) is 3. The summed E-state index contributed by atoms with van der Waals surface area (Å²) in [6.07, 6.45) is 7.86. The van der Waals surface area contributed by atoms with Crippen molar-refractivity contribution < 1.29 is 14.9 Å². The third kappa shape index (κ3) is 3.95. The van der Waals surface area contributed by atoms with Crippen LogP contribution < -0.4 is 5.32 Å². The number of nitrogens with one attached hydrogen (secondary N) is 1. The molecule has 1 saturated carbocycles. The first-order chi connectivity index (χ1) is 11.4. The van der Waals surface area contributed by atoms with Gasteiger partial charge in [0.1, 0.15) is 5.44 Å². The van der Waals surface area contributed by atoms with Crippen molar-refractivity contribution in [3.05, 3.63) is 11.8 Å². The lowest BCUT2D eigenvalue weighted by Crippen LogP contribution is -2.48. The maximum absolute atomic E-state index is 10.1. The fourth-order valence-electron chi connectivity index (χ4n) is 4.90. The molecular formula is C19H33NO3S. The Labute approximate surface area is 150 Å². The second-order valence-electron chi connectivity index (χ2n) is 8.34. The van der Waals surface area contributed by atoms with Crippen LogP contribution in [0.4, 0.5) is 0 Å². The predicted molar refractivity (Wildman–Crippen MR) is 98.5 cm³/mol. The molecule has 0 bridgehead atoms. The van der Waals surface area contributed by atoms with Crippen molar-refractivity contribution in [1.82, 2.24) is 5.32 Å². The van der Waals surface area contributed by atoms with Gasteiger partial charge in [-0.1, -0.05) is 13.8 Å². The van der Waals surface area contributed by atoms with Crippen LogP contribution in [0.1, 0.15) is 59.3 Å². The lowest BCUT2D eigenvalue weighted by molar-refractivity contribution is -0.0705. The molecular weight excluding hydrogens is 322 g/mol. The smallest absolute Gasteiger partial charge is 0.178 e. The van der Waals surface area contributed by atoms with Crippen molar-refractivity contribution in [2.75, 3.05) is 6.61 Å². The molecule has 2 fully saturated rings. The Kier molecular flexibility index (Phi) is 5.85. The average molecular weight is 356 g/mol. The zero-order valence-electron chi connectivity index (χ0n) is 15.2. The molecule has 0 aromatic heterocycles. The fraction of sp³-hybridized carbons (Fsp3) is 0.895. The lowest BCUT2D eigenvalue weighted by Gasteiger charge is -2.51. The third-order valence-electron chi connectivity index (χ3n) is 6.30. The predicted octanol–water partition coefficient (Wildman–Crippen LogP) is 3.24. The topological polar surface area (TPSA) is 61.7 Å². The molecule has 3 rings (SSSR count). The van der Waals surface area contributed by atoms with Gasteiger partial charge in [0.15, 0.2) is 6.29 Å². The molecule has 4 nitrogen and oxygen atoms in total. The molecule has 0 radical (unpaired) electrons. The summed E-state index contributed by atoms with van der Waals surface area (Å²) in [6, 6.07) is 0.510. The van der Waals surface area contributed by atoms with Gasteiger partial charge in [-0.15, -0.1) is 11.8 Å². The van der Waals surface area contributed by atoms with Crippen LogP contribution in [0.2, 0.25) is 0 Å². The summed E-state index contributed by atoms with van der Waals surface area (Å²) in [6.45, 7) is 7.11. The van der Waals surface area contributed by atoms with Crippen molar-refractivity contribution in [3.8, 4) is 0 Å². The standard InChI is InChI=1S/C19H33NO3S/c1-4-23-18(22)13-5-7-15(20-11-13)12-6-8-16-14(9-12)19(2,3)10-17(21)24-16/h11-12,14-18,20-22H,4-10H2,1-3H3. The van der Waals surface area contributed by atoms with Gasteiger partial charge < -0.3 is 20.3 Å². The average Bonchev–Trinajstić information content (AvgIpc) is 2.54. The number of aliphatic hydroxyl groups excluding tert-OH is 2. The van der Waals surface area contributed by atoms with Gasteiger partial charge in [0.25, 0.3) is 0 Å². The highest BCUT2D eigenvalue weighted by Gasteiger charge is 2.47. The van der Waals surface area contributed by atoms with Gasteiger partial charge in [0.2, 0.25) is 0 Å². The highest BCUT2D eigenvalue weighted by atomic mass is 32.2. The van der Waals surface area contributed by atoms with E-state index in [1.54, 1.807) is 11.8 Å². The summed E-state index contributed by atoms with van der Waals surface area (Å²) in [5.74, 6) is 1.40. The first kappa shape index (κ1) is 18.6. The molecule has 6 atom stereocenters. The van der Waals surface area contributed by atoms with Gasteiger partial charge in [-0.2, -0.15) is 0 Å². The van der Waals surface area contributed by atoms with E-state index < -0.39 is 6.29 Å². The van der Waals surface area contributed by atoms with Crippen LogP contribution in [0.25, 0.3) is 0 Å². The Hall–Kier alpha value is -0.230. The zero-order valence-corrected chi connectivity index (χ0v) is 16.0. The Balaban J connectivity index is 1.60. The Morgan fingerprint density at radius 2 is 2.17 bits per heavy atom. The molecule has 3 aliphatic rings. The molecule has 0 aromatic rings. The van der Waals surface area contributed by atoms with E-state index in [0.717, 1.165) is 24.8 Å². The summed E-state index contributed by atoms with van der Waals surface area (Å²) >= 11 is 1.80. The molecule has 138 valence electrons. The van der Waals surface area contributed by atoms with Crippen LogP contribution in [0.5, 0.6) is 0 Å². The van der Waals surface area contributed by atoms with Gasteiger partial charge in [0, 0.05) is 29.7 Å². The number of thioether (sulfide) groups is 1. The monoisotopic (exact) mass is 355 g/mol. The highest BCUT2D eigenvalue weighted by molar-refractivity contribution is 8.00. The second-order valence-corrected chi connectivity index (χ2v) is 9.76. The molecule has 1 saturated heterocycles. The van der Waals surface area contributed by atoms with Gasteiger partial charge >= 0.3 is 0 Å². The zero-order chi connectivity index (χ0) is 17.3. The molecule has 0 spiro atoms. The van der Waals surface area contributed by atoms with E-state index in [4.69, 9.17) is 4.74 Å². The van der Waals surface area contributed by atoms with E-state index >= 15 is 0 Å². The number of hydrogen-bond acceptors (Lipinski definition) is 5. The summed E-state index contributed by atoms with van der Waals surface area (Å²) in [5.41, 5.74) is 1.02. The molecule has 24 heavy (non-hydrogen) atoms. The number of ether oxygens (including phenoxy) is 1. The molecule has 1 aliphatic carbocycles. The van der Waals surface area contributed by atoms with Crippen LogP contribution >= 0.6 is 11.8 Å². The van der Waals surface area contributed by atoms with Crippen LogP contribution in [-0.2, 0) is 4.74 Å². The summed E-state index contributed by atoms with van der Waals surface area (Å²) in [4.78, 5) is 0. The molecule has 5 heteroatoms. The van der Waals surface area contributed by atoms with E-state index in [0.29, 0.717) is 29.7 Å². The van der Waals surface area contributed by atoms with Crippen LogP contribution in [0.3, 0.4) is 0 Å². The molecule has 2 heterocycles. The lowest BCUT2D eigenvalue weighted by atomic mass is 9.64. The summed E-state index contributed by atoms with van der Waals surface area (Å²) < 4.78 is 5.29. The minimum absolute atomic E-state index is 0.184. The first-order valence-corrected chi connectivity index (χ1v) is 10.4. The molecule has 6 unspecified atom stereocenters. The van der Waals surface area contributed by atoms with E-state index in [-0.39, 0.29) is 10.9 Å². The normalized spacial score (nSPS) is 40.2. The second kappa shape index (κ2) is 7.56. The molecule has 2 aliphatic heterocycles. The van der Waals surface area contributed by atoms with Crippen molar-refractivity contribution in [2.45, 2.75) is 82.3 Å². The maximum Gasteiger partial charge on any atom is 0.178 e. The molecule has 0 amide bonds. The first-order valence-electron chi connectivity index (χ1n) is 9.49. The van der Waals surface area contributed by atoms with E-state index in [2.05, 4.69) is 19.2 Å². The van der Waals surface area contributed by atoms with Crippen molar-refractivity contribution in [2.24, 2.45) is 17.3 Å². The summed E-state index contributed by atoms with van der Waals surface area (Å²) in [7, 11) is 0. The SMILES string of the molecule is CCOC(O)C1=CNC(C2CCC3SC(O)CC(C)(C)C3C2)CC1. The summed E-state index contributed by atoms with van der Waals surface area (Å²) in [5, 5.41) is 24.3. The highest BCUT2D eigenvalue weighted by Crippen LogP contribution is 2.54. The van der Waals surface area contributed by atoms with Crippen LogP contribution in [-0.4, -0.2) is 39.8 Å². The number of rotatable bonds is 4. The van der Waals surface area contributed by atoms with Gasteiger partial charge in [-0.3, -0.25) is 0 Å². The molecule has 3 N–H and O–H groups in total. The fourth-order valence-corrected chi connectivity index (χ4v) is 6.77. The third-order valence-corrected chi connectivity index (χ3v) is 7.70. The Morgan fingerprint density at radius 3 is 2.83 bits per heavy atom. The maximum atomic E-state index is 10.1. The van der Waals surface area contributed by atoms with E-state index in [9.17, 15) is 10.2 Å². The van der Waals surface area contributed by atoms with Gasteiger partial charge in [-0.25, -0.2) is 0 Å². The van der Waals surface area contributed by atoms with E-state index in [1.807, 2.05) is 13.1 Å². The minimum Gasteiger partial charge on any atom is -0.388 e. The van der Waals surface area contributed by atoms with E-state index in [1.165, 1.54) is 19.3 Å². The Bertz CT molecular complexity index is 468. The Morgan fingerprint density at radius 1 is 1.38 bits per heavy atom. The number of aliphatic hydroxyl groups is 2. The quantitative estimate of drug-likeness (QED) is 0.676. The largest absolute Gasteiger partial charge is 0.388 e. The number of fused-ring (bicyclic) bond motifs is 1. The van der Waals surface area contributed by atoms with Crippen molar-refractivity contribution in [1.29, 1.82) is 0 Å².